The number of anilines is 3. The van der Waals surface area contributed by atoms with Crippen LogP contribution in [0.4, 0.5) is 17.2 Å². The van der Waals surface area contributed by atoms with Crippen molar-refractivity contribution in [2.45, 2.75) is 25.6 Å². The minimum atomic E-state index is -0.264. The highest BCUT2D eigenvalue weighted by Crippen LogP contribution is 2.26. The molecule has 2 aliphatic heterocycles. The second kappa shape index (κ2) is 12.4. The molecular formula is C31H33N5O4. The molecule has 0 bridgehead atoms. The monoisotopic (exact) mass is 539 g/mol. The van der Waals surface area contributed by atoms with E-state index in [-0.39, 0.29) is 18.7 Å². The quantitative estimate of drug-likeness (QED) is 0.294. The Kier molecular flexibility index (Phi) is 8.13. The lowest BCUT2D eigenvalue weighted by molar-refractivity contribution is -0.167. The van der Waals surface area contributed by atoms with E-state index in [4.69, 9.17) is 19.2 Å². The summed E-state index contributed by atoms with van der Waals surface area (Å²) in [6, 6.07) is 16.3. The van der Waals surface area contributed by atoms with Crippen LogP contribution in [-0.2, 0) is 19.0 Å². The predicted octanol–water partition coefficient (Wildman–Crippen LogP) is 5.10. The number of hydrogen-bond donors (Lipinski definition) is 1. The summed E-state index contributed by atoms with van der Waals surface area (Å²) >= 11 is 0. The van der Waals surface area contributed by atoms with Gasteiger partial charge in [-0.1, -0.05) is 30.3 Å². The molecule has 0 spiro atoms. The Morgan fingerprint density at radius 1 is 1.05 bits per heavy atom. The van der Waals surface area contributed by atoms with E-state index in [0.29, 0.717) is 12.4 Å². The predicted molar refractivity (Wildman–Crippen MR) is 155 cm³/mol. The van der Waals surface area contributed by atoms with Crippen LogP contribution in [0.1, 0.15) is 24.8 Å². The third kappa shape index (κ3) is 6.39. The van der Waals surface area contributed by atoms with Gasteiger partial charge in [-0.3, -0.25) is 4.79 Å². The number of ether oxygens (including phenoxy) is 3. The lowest BCUT2D eigenvalue weighted by Gasteiger charge is -2.28. The highest BCUT2D eigenvalue weighted by molar-refractivity contribution is 5.94. The molecule has 2 aromatic heterocycles. The molecule has 0 radical (unpaired) electrons. The Bertz CT molecular complexity index is 1450. The van der Waals surface area contributed by atoms with Crippen LogP contribution in [0.25, 0.3) is 23.0 Å². The number of carbonyl (C=O) groups is 1. The highest BCUT2D eigenvalue weighted by Gasteiger charge is 2.15. The van der Waals surface area contributed by atoms with E-state index in [1.54, 1.807) is 18.3 Å². The summed E-state index contributed by atoms with van der Waals surface area (Å²) in [5.41, 5.74) is 5.57. The molecule has 2 aromatic carbocycles. The van der Waals surface area contributed by atoms with Crippen molar-refractivity contribution in [3.63, 3.8) is 0 Å². The number of aromatic nitrogens is 3. The normalized spacial score (nSPS) is 17.9. The zero-order chi connectivity index (χ0) is 27.1. The number of nitrogens with zero attached hydrogens (tertiary/aromatic N) is 4. The smallest absolute Gasteiger partial charge is 0.181 e. The first-order valence-corrected chi connectivity index (χ1v) is 13.8. The van der Waals surface area contributed by atoms with Gasteiger partial charge in [-0.15, -0.1) is 0 Å². The number of fused-ring (bicyclic) bond motifs is 1. The molecule has 0 saturated carbocycles. The summed E-state index contributed by atoms with van der Waals surface area (Å²) in [6.07, 6.45) is 11.7. The minimum Gasteiger partial charge on any atom is -0.378 e. The molecule has 40 heavy (non-hydrogen) atoms. The summed E-state index contributed by atoms with van der Waals surface area (Å²) in [4.78, 5) is 24.0. The maximum atomic E-state index is 12.2. The van der Waals surface area contributed by atoms with Crippen LogP contribution in [0.3, 0.4) is 0 Å². The van der Waals surface area contributed by atoms with Crippen LogP contribution in [0.2, 0.25) is 0 Å². The number of imidazole rings is 1. The number of nitrogens with one attached hydrogen (secondary N) is 1. The molecule has 2 fully saturated rings. The zero-order valence-corrected chi connectivity index (χ0v) is 22.4. The molecule has 4 aromatic rings. The molecule has 0 amide bonds. The van der Waals surface area contributed by atoms with Crippen LogP contribution in [-0.4, -0.2) is 66.0 Å². The average molecular weight is 540 g/mol. The van der Waals surface area contributed by atoms with Crippen molar-refractivity contribution in [2.24, 2.45) is 0 Å². The lowest BCUT2D eigenvalue weighted by Crippen LogP contribution is -2.36. The second-order valence-corrected chi connectivity index (χ2v) is 9.93. The van der Waals surface area contributed by atoms with Crippen molar-refractivity contribution in [3.8, 4) is 11.3 Å². The Morgan fingerprint density at radius 2 is 1.88 bits per heavy atom. The van der Waals surface area contributed by atoms with E-state index in [2.05, 4.69) is 39.5 Å². The molecule has 1 unspecified atom stereocenters. The van der Waals surface area contributed by atoms with Crippen molar-refractivity contribution in [1.29, 1.82) is 0 Å². The summed E-state index contributed by atoms with van der Waals surface area (Å²) < 4.78 is 18.5. The van der Waals surface area contributed by atoms with E-state index in [1.807, 2.05) is 41.1 Å². The third-order valence-electron chi connectivity index (χ3n) is 7.10. The second-order valence-electron chi connectivity index (χ2n) is 9.93. The van der Waals surface area contributed by atoms with Crippen LogP contribution >= 0.6 is 0 Å². The number of morpholine rings is 1. The number of carbonyl (C=O) groups excluding carboxylic acids is 1. The number of ketones is 1. The number of hydrogen-bond acceptors (Lipinski definition) is 8. The molecule has 206 valence electrons. The summed E-state index contributed by atoms with van der Waals surface area (Å²) in [6.45, 7) is 4.05. The van der Waals surface area contributed by atoms with E-state index < -0.39 is 0 Å². The molecule has 1 N–H and O–H groups in total. The molecule has 1 atom stereocenters. The van der Waals surface area contributed by atoms with Gasteiger partial charge in [0.15, 0.2) is 23.5 Å². The fourth-order valence-corrected chi connectivity index (χ4v) is 4.89. The minimum absolute atomic E-state index is 0.0276. The Hall–Kier alpha value is -4.05. The van der Waals surface area contributed by atoms with E-state index >= 15 is 0 Å². The van der Waals surface area contributed by atoms with Gasteiger partial charge in [-0.2, -0.15) is 0 Å². The van der Waals surface area contributed by atoms with Crippen LogP contribution < -0.4 is 10.2 Å². The topological polar surface area (TPSA) is 90.2 Å². The Balaban J connectivity index is 1.13. The Labute approximate surface area is 233 Å². The van der Waals surface area contributed by atoms with Gasteiger partial charge in [0.2, 0.25) is 0 Å². The summed E-state index contributed by atoms with van der Waals surface area (Å²) in [7, 11) is 0. The number of rotatable bonds is 9. The van der Waals surface area contributed by atoms with Crippen molar-refractivity contribution in [2.75, 3.05) is 49.7 Å². The molecule has 0 aliphatic carbocycles. The SMILES string of the molecule is O=C(/C=C/c1ccc(-c2cn3ccnc3c(Nc3ccc(N4CCOCC4)cc3)n2)cc1)COC1CCCCO1. The zero-order valence-electron chi connectivity index (χ0n) is 22.4. The van der Waals surface area contributed by atoms with Gasteiger partial charge in [0.05, 0.1) is 18.9 Å². The molecule has 9 heteroatoms. The molecule has 4 heterocycles. The first-order valence-electron chi connectivity index (χ1n) is 13.8. The maximum absolute atomic E-state index is 12.2. The van der Waals surface area contributed by atoms with Crippen LogP contribution in [0.5, 0.6) is 0 Å². The first-order chi connectivity index (χ1) is 19.7. The van der Waals surface area contributed by atoms with Gasteiger partial charge in [0.25, 0.3) is 0 Å². The molecule has 2 aliphatic rings. The third-order valence-corrected chi connectivity index (χ3v) is 7.10. The molecule has 6 rings (SSSR count). The van der Waals surface area contributed by atoms with Crippen molar-refractivity contribution >= 4 is 34.7 Å². The van der Waals surface area contributed by atoms with Crippen molar-refractivity contribution < 1.29 is 19.0 Å². The molecular weight excluding hydrogens is 506 g/mol. The lowest BCUT2D eigenvalue weighted by atomic mass is 10.1. The van der Waals surface area contributed by atoms with Crippen LogP contribution in [0.15, 0.2) is 73.2 Å². The number of benzene rings is 2. The average Bonchev–Trinajstić information content (AvgIpc) is 3.50. The maximum Gasteiger partial charge on any atom is 0.181 e. The van der Waals surface area contributed by atoms with Gasteiger partial charge >= 0.3 is 0 Å². The fourth-order valence-electron chi connectivity index (χ4n) is 4.89. The van der Waals surface area contributed by atoms with Gasteiger partial charge in [0.1, 0.15) is 6.61 Å². The van der Waals surface area contributed by atoms with Gasteiger partial charge in [-0.25, -0.2) is 9.97 Å². The highest BCUT2D eigenvalue weighted by atomic mass is 16.7. The van der Waals surface area contributed by atoms with Gasteiger partial charge < -0.3 is 28.8 Å². The first kappa shape index (κ1) is 26.2. The van der Waals surface area contributed by atoms with E-state index in [9.17, 15) is 4.79 Å². The van der Waals surface area contributed by atoms with Gasteiger partial charge in [-0.05, 0) is 55.2 Å². The van der Waals surface area contributed by atoms with Crippen LogP contribution in [0, 0.1) is 0 Å². The largest absolute Gasteiger partial charge is 0.378 e. The van der Waals surface area contributed by atoms with E-state index in [0.717, 1.165) is 73.7 Å². The fraction of sp³-hybridized carbons (Fsp3) is 0.323. The summed E-state index contributed by atoms with van der Waals surface area (Å²) in [5.74, 6) is 0.595. The van der Waals surface area contributed by atoms with E-state index in [1.165, 1.54) is 5.69 Å². The standard InChI is InChI=1S/C31H33N5O4/c37-27(22-40-29-3-1-2-18-39-29)13-6-23-4-7-24(8-5-23)28-21-36-15-14-32-31(36)30(34-28)33-25-9-11-26(12-10-25)35-16-19-38-20-17-35/h4-15,21,29H,1-3,16-20,22H2,(H,33,34)/b13-6+. The molecule has 2 saturated heterocycles. The Morgan fingerprint density at radius 3 is 2.65 bits per heavy atom. The van der Waals surface area contributed by atoms with Crippen molar-refractivity contribution in [3.05, 3.63) is 78.8 Å². The molecule has 9 nitrogen and oxygen atoms in total. The van der Waals surface area contributed by atoms with Crippen molar-refractivity contribution in [1.82, 2.24) is 14.4 Å². The summed E-state index contributed by atoms with van der Waals surface area (Å²) in [5, 5.41) is 3.45. The van der Waals surface area contributed by atoms with Gasteiger partial charge in [0, 0.05) is 55.2 Å².